The molecular weight excluding hydrogens is 376 g/mol. The van der Waals surface area contributed by atoms with Crippen LogP contribution in [0.3, 0.4) is 0 Å². The highest BCUT2D eigenvalue weighted by atomic mass is 32.2. The van der Waals surface area contributed by atoms with Gasteiger partial charge in [-0.3, -0.25) is 9.69 Å². The summed E-state index contributed by atoms with van der Waals surface area (Å²) in [7, 11) is -3.73. The third-order valence-electron chi connectivity index (χ3n) is 5.52. The summed E-state index contributed by atoms with van der Waals surface area (Å²) in [6.07, 6.45) is 6.01. The number of hydrogen-bond donors (Lipinski definition) is 0. The maximum absolute atomic E-state index is 12.9. The van der Waals surface area contributed by atoms with E-state index in [1.807, 2.05) is 6.07 Å². The van der Waals surface area contributed by atoms with E-state index >= 15 is 0 Å². The molecule has 2 saturated heterocycles. The summed E-state index contributed by atoms with van der Waals surface area (Å²) >= 11 is 0. The number of sulfonamides is 1. The van der Waals surface area contributed by atoms with E-state index < -0.39 is 10.0 Å². The summed E-state index contributed by atoms with van der Waals surface area (Å²) in [5.41, 5.74) is 0.151. The van der Waals surface area contributed by atoms with Crippen LogP contribution in [0.25, 0.3) is 0 Å². The van der Waals surface area contributed by atoms with E-state index in [1.54, 1.807) is 17.0 Å². The molecule has 28 heavy (non-hydrogen) atoms. The molecular formula is C20H28N4O3S. The van der Waals surface area contributed by atoms with Crippen molar-refractivity contribution in [3.05, 3.63) is 29.8 Å². The average Bonchev–Trinajstić information content (AvgIpc) is 2.70. The van der Waals surface area contributed by atoms with Crippen molar-refractivity contribution < 1.29 is 13.2 Å². The lowest BCUT2D eigenvalue weighted by molar-refractivity contribution is -0.133. The van der Waals surface area contributed by atoms with Gasteiger partial charge in [0.2, 0.25) is 15.9 Å². The minimum atomic E-state index is -3.73. The summed E-state index contributed by atoms with van der Waals surface area (Å²) in [5, 5.41) is 9.20. The molecule has 0 N–H and O–H groups in total. The van der Waals surface area contributed by atoms with Crippen molar-refractivity contribution in [2.45, 2.75) is 37.0 Å². The second kappa shape index (κ2) is 9.50. The highest BCUT2D eigenvalue weighted by Crippen LogP contribution is 2.21. The Morgan fingerprint density at radius 2 is 1.54 bits per heavy atom. The molecule has 1 aromatic rings. The van der Waals surface area contributed by atoms with Crippen LogP contribution < -0.4 is 0 Å². The number of nitrogens with zero attached hydrogens (tertiary/aromatic N) is 4. The Hall–Kier alpha value is -1.95. The van der Waals surface area contributed by atoms with Crippen molar-refractivity contribution in [3.63, 3.8) is 0 Å². The van der Waals surface area contributed by atoms with Crippen molar-refractivity contribution >= 4 is 15.9 Å². The molecule has 2 fully saturated rings. The number of benzene rings is 1. The predicted molar refractivity (Wildman–Crippen MR) is 106 cm³/mol. The first-order valence-electron chi connectivity index (χ1n) is 10.0. The Morgan fingerprint density at radius 1 is 0.929 bits per heavy atom. The van der Waals surface area contributed by atoms with Gasteiger partial charge in [0.25, 0.3) is 0 Å². The average molecular weight is 405 g/mol. The lowest BCUT2D eigenvalue weighted by Gasteiger charge is -2.35. The molecule has 1 aromatic carbocycles. The first-order valence-corrected chi connectivity index (χ1v) is 11.5. The summed E-state index contributed by atoms with van der Waals surface area (Å²) in [4.78, 5) is 16.7. The van der Waals surface area contributed by atoms with Crippen LogP contribution in [0.2, 0.25) is 0 Å². The summed E-state index contributed by atoms with van der Waals surface area (Å²) in [6, 6.07) is 8.20. The number of nitriles is 1. The Kier molecular flexibility index (Phi) is 7.05. The van der Waals surface area contributed by atoms with Crippen LogP contribution in [0.4, 0.5) is 0 Å². The van der Waals surface area contributed by atoms with Crippen molar-refractivity contribution in [3.8, 4) is 6.07 Å². The molecule has 2 aliphatic heterocycles. The fourth-order valence-electron chi connectivity index (χ4n) is 3.86. The largest absolute Gasteiger partial charge is 0.339 e. The Bertz CT molecular complexity index is 818. The minimum absolute atomic E-state index is 0.0397. The molecule has 0 aromatic heterocycles. The molecule has 1 amide bonds. The standard InChI is InChI=1S/C20H28N4O3S/c21-16-18-8-4-5-9-19(18)28(26,27)24-14-12-23(13-15-24)20(25)17-22-10-6-2-1-3-7-11-22/h4-5,8-9H,1-3,6-7,10-15,17H2. The maximum atomic E-state index is 12.9. The zero-order valence-corrected chi connectivity index (χ0v) is 17.0. The molecule has 152 valence electrons. The van der Waals surface area contributed by atoms with Gasteiger partial charge in [0.15, 0.2) is 0 Å². The van der Waals surface area contributed by atoms with Gasteiger partial charge in [0.05, 0.1) is 17.0 Å². The Morgan fingerprint density at radius 3 is 2.18 bits per heavy atom. The smallest absolute Gasteiger partial charge is 0.244 e. The van der Waals surface area contributed by atoms with Crippen LogP contribution in [0.5, 0.6) is 0 Å². The van der Waals surface area contributed by atoms with Gasteiger partial charge in [-0.15, -0.1) is 0 Å². The van der Waals surface area contributed by atoms with Gasteiger partial charge in [-0.2, -0.15) is 9.57 Å². The molecule has 7 nitrogen and oxygen atoms in total. The van der Waals surface area contributed by atoms with E-state index in [9.17, 15) is 18.5 Å². The van der Waals surface area contributed by atoms with Crippen LogP contribution in [0, 0.1) is 11.3 Å². The van der Waals surface area contributed by atoms with Gasteiger partial charge in [-0.05, 0) is 38.1 Å². The fourth-order valence-corrected chi connectivity index (χ4v) is 5.43. The van der Waals surface area contributed by atoms with E-state index in [-0.39, 0.29) is 29.5 Å². The fraction of sp³-hybridized carbons (Fsp3) is 0.600. The number of piperazine rings is 1. The number of amides is 1. The molecule has 0 aliphatic carbocycles. The molecule has 0 spiro atoms. The molecule has 2 aliphatic rings. The molecule has 2 heterocycles. The SMILES string of the molecule is N#Cc1ccccc1S(=O)(=O)N1CCN(C(=O)CN2CCCCCCC2)CC1. The zero-order chi connectivity index (χ0) is 20.0. The van der Waals surface area contributed by atoms with Gasteiger partial charge in [-0.1, -0.05) is 31.4 Å². The van der Waals surface area contributed by atoms with Gasteiger partial charge in [-0.25, -0.2) is 8.42 Å². The molecule has 0 saturated carbocycles. The summed E-state index contributed by atoms with van der Waals surface area (Å²) in [5.74, 6) is 0.0787. The number of carbonyl (C=O) groups excluding carboxylic acids is 1. The summed E-state index contributed by atoms with van der Waals surface area (Å²) < 4.78 is 27.2. The molecule has 0 bridgehead atoms. The van der Waals surface area contributed by atoms with Gasteiger partial charge < -0.3 is 4.90 Å². The predicted octanol–water partition coefficient (Wildman–Crippen LogP) is 1.66. The molecule has 3 rings (SSSR count). The summed E-state index contributed by atoms with van der Waals surface area (Å²) in [6.45, 7) is 3.64. The van der Waals surface area contributed by atoms with Crippen molar-refractivity contribution in [1.29, 1.82) is 5.26 Å². The van der Waals surface area contributed by atoms with Crippen molar-refractivity contribution in [1.82, 2.24) is 14.1 Å². The highest BCUT2D eigenvalue weighted by Gasteiger charge is 2.31. The van der Waals surface area contributed by atoms with Gasteiger partial charge in [0, 0.05) is 26.2 Å². The van der Waals surface area contributed by atoms with Gasteiger partial charge in [0.1, 0.15) is 6.07 Å². The van der Waals surface area contributed by atoms with Crippen LogP contribution in [-0.2, 0) is 14.8 Å². The van der Waals surface area contributed by atoms with Crippen LogP contribution >= 0.6 is 0 Å². The third-order valence-corrected chi connectivity index (χ3v) is 7.48. The molecule has 0 radical (unpaired) electrons. The first-order chi connectivity index (χ1) is 13.5. The van der Waals surface area contributed by atoms with Crippen LogP contribution in [-0.4, -0.2) is 74.2 Å². The van der Waals surface area contributed by atoms with E-state index in [0.717, 1.165) is 25.9 Å². The van der Waals surface area contributed by atoms with E-state index in [0.29, 0.717) is 19.6 Å². The number of likely N-dealkylation sites (tertiary alicyclic amines) is 1. The lowest BCUT2D eigenvalue weighted by Crippen LogP contribution is -2.52. The Balaban J connectivity index is 1.57. The maximum Gasteiger partial charge on any atom is 0.244 e. The minimum Gasteiger partial charge on any atom is -0.339 e. The second-order valence-corrected chi connectivity index (χ2v) is 9.34. The number of rotatable bonds is 4. The number of hydrogen-bond acceptors (Lipinski definition) is 5. The lowest BCUT2D eigenvalue weighted by atomic mass is 10.1. The first kappa shape index (κ1) is 20.8. The highest BCUT2D eigenvalue weighted by molar-refractivity contribution is 7.89. The van der Waals surface area contributed by atoms with Crippen molar-refractivity contribution in [2.75, 3.05) is 45.8 Å². The second-order valence-electron chi connectivity index (χ2n) is 7.44. The quantitative estimate of drug-likeness (QED) is 0.762. The topological polar surface area (TPSA) is 84.7 Å². The monoisotopic (exact) mass is 404 g/mol. The van der Waals surface area contributed by atoms with Crippen LogP contribution in [0.1, 0.15) is 37.7 Å². The molecule has 0 atom stereocenters. The van der Waals surface area contributed by atoms with E-state index in [1.165, 1.54) is 35.7 Å². The van der Waals surface area contributed by atoms with E-state index in [2.05, 4.69) is 4.90 Å². The molecule has 0 unspecified atom stereocenters. The normalized spacial score (nSPS) is 20.2. The molecule has 8 heteroatoms. The number of carbonyl (C=O) groups is 1. The third kappa shape index (κ3) is 4.90. The van der Waals surface area contributed by atoms with Gasteiger partial charge >= 0.3 is 0 Å². The van der Waals surface area contributed by atoms with E-state index in [4.69, 9.17) is 0 Å². The van der Waals surface area contributed by atoms with Crippen LogP contribution in [0.15, 0.2) is 29.2 Å². The van der Waals surface area contributed by atoms with Crippen molar-refractivity contribution in [2.24, 2.45) is 0 Å². The Labute approximate surface area is 167 Å². The zero-order valence-electron chi connectivity index (χ0n) is 16.2.